The number of ether oxygens (including phenoxy) is 1. The van der Waals surface area contributed by atoms with Crippen molar-refractivity contribution in [2.24, 2.45) is 5.92 Å². The van der Waals surface area contributed by atoms with Crippen molar-refractivity contribution >= 4 is 23.7 Å². The molecule has 8 nitrogen and oxygen atoms in total. The molecule has 2 aromatic carbocycles. The topological polar surface area (TPSA) is 114 Å². The van der Waals surface area contributed by atoms with E-state index >= 15 is 0 Å². The summed E-state index contributed by atoms with van der Waals surface area (Å²) in [5.41, 5.74) is 1.73. The largest absolute Gasteiger partial charge is 0.460 e. The first kappa shape index (κ1) is 28.9. The van der Waals surface area contributed by atoms with Crippen LogP contribution in [0.3, 0.4) is 0 Å². The zero-order valence-corrected chi connectivity index (χ0v) is 22.4. The normalized spacial score (nSPS) is 24.0. The standard InChI is InChI=1S/C30H39N3O5/c1-4-5-12-20(2)26-19-27(34)32-24(17-22-13-8-6-9-14-22)29(36)31-21(3)28(35)33-25(30(37)38-26)18-23-15-10-7-11-16-23/h6-11,13-16,20-21,24-26H,4-5,12,17-19H2,1-3H3,(H,31,36)(H,32,34)(H,33,35)/t20-,21-,24+,25+,26-/m0/s1. The molecule has 0 aromatic heterocycles. The lowest BCUT2D eigenvalue weighted by Crippen LogP contribution is -2.55. The van der Waals surface area contributed by atoms with E-state index in [1.165, 1.54) is 0 Å². The van der Waals surface area contributed by atoms with Gasteiger partial charge >= 0.3 is 5.97 Å². The summed E-state index contributed by atoms with van der Waals surface area (Å²) in [4.78, 5) is 52.8. The van der Waals surface area contributed by atoms with Crippen molar-refractivity contribution in [2.75, 3.05) is 0 Å². The van der Waals surface area contributed by atoms with Gasteiger partial charge in [-0.05, 0) is 30.4 Å². The molecule has 5 atom stereocenters. The number of benzene rings is 2. The quantitative estimate of drug-likeness (QED) is 0.462. The summed E-state index contributed by atoms with van der Waals surface area (Å²) in [5, 5.41) is 8.29. The molecular weight excluding hydrogens is 482 g/mol. The van der Waals surface area contributed by atoms with Gasteiger partial charge in [-0.25, -0.2) is 4.79 Å². The number of carbonyl (C=O) groups is 4. The smallest absolute Gasteiger partial charge is 0.329 e. The summed E-state index contributed by atoms with van der Waals surface area (Å²) < 4.78 is 5.92. The molecule has 0 radical (unpaired) electrons. The van der Waals surface area contributed by atoms with Crippen LogP contribution in [0.15, 0.2) is 60.7 Å². The second-order valence-electron chi connectivity index (χ2n) is 10.1. The highest BCUT2D eigenvalue weighted by Crippen LogP contribution is 2.20. The van der Waals surface area contributed by atoms with E-state index < -0.39 is 42.0 Å². The highest BCUT2D eigenvalue weighted by molar-refractivity contribution is 5.94. The van der Waals surface area contributed by atoms with Crippen LogP contribution in [0.5, 0.6) is 0 Å². The summed E-state index contributed by atoms with van der Waals surface area (Å²) in [7, 11) is 0. The van der Waals surface area contributed by atoms with Gasteiger partial charge in [0, 0.05) is 12.8 Å². The molecule has 1 fully saturated rings. The van der Waals surface area contributed by atoms with Crippen molar-refractivity contribution in [2.45, 2.75) is 83.5 Å². The van der Waals surface area contributed by atoms with Crippen molar-refractivity contribution < 1.29 is 23.9 Å². The maximum Gasteiger partial charge on any atom is 0.329 e. The Bertz CT molecular complexity index is 1080. The zero-order chi connectivity index (χ0) is 27.5. The summed E-state index contributed by atoms with van der Waals surface area (Å²) in [6.07, 6.45) is 2.41. The van der Waals surface area contributed by atoms with Crippen LogP contribution < -0.4 is 16.0 Å². The van der Waals surface area contributed by atoms with Crippen molar-refractivity contribution in [1.29, 1.82) is 0 Å². The third-order valence-electron chi connectivity index (χ3n) is 6.87. The first-order valence-corrected chi connectivity index (χ1v) is 13.4. The fraction of sp³-hybridized carbons (Fsp3) is 0.467. The molecule has 1 aliphatic rings. The molecule has 0 bridgehead atoms. The van der Waals surface area contributed by atoms with Gasteiger partial charge in [-0.2, -0.15) is 0 Å². The van der Waals surface area contributed by atoms with E-state index in [0.29, 0.717) is 0 Å². The van der Waals surface area contributed by atoms with Crippen LogP contribution in [-0.4, -0.2) is 47.9 Å². The Hall–Kier alpha value is -3.68. The SMILES string of the molecule is CCCC[C@H](C)[C@@H]1CC(=O)N[C@H](Cc2ccccc2)C(=O)N[C@@H](C)C(=O)N[C@H](Cc2ccccc2)C(=O)O1. The first-order chi connectivity index (χ1) is 18.3. The van der Waals surface area contributed by atoms with E-state index in [0.717, 1.165) is 30.4 Å². The summed E-state index contributed by atoms with van der Waals surface area (Å²) in [6, 6.07) is 15.9. The minimum atomic E-state index is -0.964. The summed E-state index contributed by atoms with van der Waals surface area (Å²) in [5.74, 6) is -2.03. The van der Waals surface area contributed by atoms with Crippen LogP contribution in [0, 0.1) is 5.92 Å². The van der Waals surface area contributed by atoms with Crippen LogP contribution in [0.2, 0.25) is 0 Å². The van der Waals surface area contributed by atoms with Crippen molar-refractivity contribution in [3.05, 3.63) is 71.8 Å². The molecule has 8 heteroatoms. The third-order valence-corrected chi connectivity index (χ3v) is 6.87. The number of esters is 1. The molecule has 0 saturated carbocycles. The van der Waals surface area contributed by atoms with Crippen LogP contribution in [0.4, 0.5) is 0 Å². The Morgan fingerprint density at radius 1 is 0.816 bits per heavy atom. The van der Waals surface area contributed by atoms with Gasteiger partial charge in [0.15, 0.2) is 0 Å². The zero-order valence-electron chi connectivity index (χ0n) is 22.4. The van der Waals surface area contributed by atoms with Gasteiger partial charge in [-0.3, -0.25) is 14.4 Å². The lowest BCUT2D eigenvalue weighted by Gasteiger charge is -2.27. The lowest BCUT2D eigenvalue weighted by molar-refractivity contribution is -0.157. The molecule has 0 aliphatic carbocycles. The van der Waals surface area contributed by atoms with Gasteiger partial charge in [0.05, 0.1) is 6.42 Å². The van der Waals surface area contributed by atoms with Crippen LogP contribution in [0.25, 0.3) is 0 Å². The second kappa shape index (κ2) is 14.3. The van der Waals surface area contributed by atoms with E-state index in [1.54, 1.807) is 6.92 Å². The summed E-state index contributed by atoms with van der Waals surface area (Å²) >= 11 is 0. The third kappa shape index (κ3) is 8.71. The van der Waals surface area contributed by atoms with Gasteiger partial charge in [-0.1, -0.05) is 87.4 Å². The Kier molecular flexibility index (Phi) is 10.9. The second-order valence-corrected chi connectivity index (χ2v) is 10.1. The Morgan fingerprint density at radius 3 is 1.97 bits per heavy atom. The number of cyclic esters (lactones) is 1. The monoisotopic (exact) mass is 521 g/mol. The highest BCUT2D eigenvalue weighted by atomic mass is 16.5. The average molecular weight is 522 g/mol. The Morgan fingerprint density at radius 2 is 1.39 bits per heavy atom. The molecule has 2 aromatic rings. The van der Waals surface area contributed by atoms with Gasteiger partial charge in [-0.15, -0.1) is 0 Å². The van der Waals surface area contributed by atoms with Crippen molar-refractivity contribution in [3.63, 3.8) is 0 Å². The van der Waals surface area contributed by atoms with Crippen LogP contribution in [0.1, 0.15) is 57.6 Å². The maximum absolute atomic E-state index is 13.4. The molecule has 3 rings (SSSR count). The fourth-order valence-corrected chi connectivity index (χ4v) is 4.52. The van der Waals surface area contributed by atoms with E-state index in [1.807, 2.05) is 67.6 Å². The van der Waals surface area contributed by atoms with E-state index in [4.69, 9.17) is 4.74 Å². The minimum Gasteiger partial charge on any atom is -0.460 e. The predicted molar refractivity (Wildman–Crippen MR) is 145 cm³/mol. The molecule has 1 aliphatic heterocycles. The molecule has 0 unspecified atom stereocenters. The number of unbranched alkanes of at least 4 members (excludes halogenated alkanes) is 1. The van der Waals surface area contributed by atoms with Gasteiger partial charge in [0.25, 0.3) is 0 Å². The van der Waals surface area contributed by atoms with Crippen LogP contribution in [-0.2, 0) is 36.8 Å². The fourth-order valence-electron chi connectivity index (χ4n) is 4.52. The Labute approximate surface area is 224 Å². The number of nitrogens with one attached hydrogen (secondary N) is 3. The summed E-state index contributed by atoms with van der Waals surface area (Å²) in [6.45, 7) is 5.59. The van der Waals surface area contributed by atoms with Crippen LogP contribution >= 0.6 is 0 Å². The molecule has 3 N–H and O–H groups in total. The molecule has 3 amide bonds. The van der Waals surface area contributed by atoms with Crippen molar-refractivity contribution in [3.8, 4) is 0 Å². The number of amides is 3. The lowest BCUT2D eigenvalue weighted by atomic mass is 9.95. The molecular formula is C30H39N3O5. The molecule has 204 valence electrons. The number of carbonyl (C=O) groups excluding carboxylic acids is 4. The molecule has 1 heterocycles. The highest BCUT2D eigenvalue weighted by Gasteiger charge is 2.33. The van der Waals surface area contributed by atoms with Crippen molar-refractivity contribution in [1.82, 2.24) is 16.0 Å². The number of hydrogen-bond donors (Lipinski definition) is 3. The van der Waals surface area contributed by atoms with E-state index in [2.05, 4.69) is 22.9 Å². The molecule has 0 spiro atoms. The van der Waals surface area contributed by atoms with Gasteiger partial charge in [0.2, 0.25) is 17.7 Å². The predicted octanol–water partition coefficient (Wildman–Crippen LogP) is 3.09. The Balaban J connectivity index is 1.90. The number of rotatable bonds is 8. The first-order valence-electron chi connectivity index (χ1n) is 13.4. The maximum atomic E-state index is 13.4. The minimum absolute atomic E-state index is 0.0727. The van der Waals surface area contributed by atoms with E-state index in [-0.39, 0.29) is 31.1 Å². The average Bonchev–Trinajstić information content (AvgIpc) is 2.91. The molecule has 38 heavy (non-hydrogen) atoms. The van der Waals surface area contributed by atoms with Gasteiger partial charge in [0.1, 0.15) is 24.2 Å². The van der Waals surface area contributed by atoms with Gasteiger partial charge < -0.3 is 20.7 Å². The number of hydrogen-bond acceptors (Lipinski definition) is 5. The van der Waals surface area contributed by atoms with E-state index in [9.17, 15) is 19.2 Å². The molecule has 1 saturated heterocycles.